The van der Waals surface area contributed by atoms with Crippen LogP contribution in [0.1, 0.15) is 25.3 Å². The van der Waals surface area contributed by atoms with Gasteiger partial charge in [-0.05, 0) is 30.0 Å². The molecule has 1 amide bonds. The first kappa shape index (κ1) is 15.0. The second kappa shape index (κ2) is 7.41. The fourth-order valence-corrected chi connectivity index (χ4v) is 1.69. The molecule has 19 heavy (non-hydrogen) atoms. The normalized spacial score (nSPS) is 11.8. The van der Waals surface area contributed by atoms with E-state index < -0.39 is 5.97 Å². The summed E-state index contributed by atoms with van der Waals surface area (Å²) in [5.41, 5.74) is 7.34. The standard InChI is InChI=1S/C14H20N2O3/c1-10(8-14(18)19)9-16-13(17)7-4-11-2-5-12(15)6-3-11/h2-3,5-6,10H,4,7-9,15H2,1H3,(H,16,17)(H,18,19). The van der Waals surface area contributed by atoms with Crippen molar-refractivity contribution in [2.45, 2.75) is 26.2 Å². The number of aryl methyl sites for hydroxylation is 1. The summed E-state index contributed by atoms with van der Waals surface area (Å²) in [7, 11) is 0. The van der Waals surface area contributed by atoms with E-state index in [2.05, 4.69) is 5.32 Å². The van der Waals surface area contributed by atoms with E-state index in [0.29, 0.717) is 25.1 Å². The number of nitrogens with two attached hydrogens (primary N) is 1. The van der Waals surface area contributed by atoms with E-state index in [1.807, 2.05) is 24.3 Å². The molecule has 0 saturated heterocycles. The molecule has 0 aliphatic heterocycles. The van der Waals surface area contributed by atoms with Crippen molar-refractivity contribution in [1.29, 1.82) is 0 Å². The van der Waals surface area contributed by atoms with E-state index in [0.717, 1.165) is 5.56 Å². The van der Waals surface area contributed by atoms with E-state index in [1.54, 1.807) is 6.92 Å². The molecule has 1 aromatic carbocycles. The zero-order valence-corrected chi connectivity index (χ0v) is 11.1. The SMILES string of the molecule is CC(CNC(=O)CCc1ccc(N)cc1)CC(=O)O. The number of carbonyl (C=O) groups is 2. The first-order valence-corrected chi connectivity index (χ1v) is 6.30. The molecule has 1 aromatic rings. The summed E-state index contributed by atoms with van der Waals surface area (Å²) in [6.45, 7) is 2.20. The van der Waals surface area contributed by atoms with Crippen molar-refractivity contribution in [2.75, 3.05) is 12.3 Å². The molecule has 0 saturated carbocycles. The molecule has 5 heteroatoms. The van der Waals surface area contributed by atoms with Gasteiger partial charge in [0.15, 0.2) is 0 Å². The Balaban J connectivity index is 2.24. The lowest BCUT2D eigenvalue weighted by Gasteiger charge is -2.10. The second-order valence-electron chi connectivity index (χ2n) is 4.75. The van der Waals surface area contributed by atoms with E-state index >= 15 is 0 Å². The molecular formula is C14H20N2O3. The van der Waals surface area contributed by atoms with Gasteiger partial charge < -0.3 is 16.2 Å². The lowest BCUT2D eigenvalue weighted by atomic mass is 10.1. The zero-order valence-electron chi connectivity index (χ0n) is 11.1. The van der Waals surface area contributed by atoms with Gasteiger partial charge in [-0.15, -0.1) is 0 Å². The van der Waals surface area contributed by atoms with Crippen molar-refractivity contribution in [3.63, 3.8) is 0 Å². The number of carbonyl (C=O) groups excluding carboxylic acids is 1. The Morgan fingerprint density at radius 3 is 2.53 bits per heavy atom. The van der Waals surface area contributed by atoms with Crippen LogP contribution < -0.4 is 11.1 Å². The van der Waals surface area contributed by atoms with Gasteiger partial charge in [0.25, 0.3) is 0 Å². The Labute approximate surface area is 112 Å². The number of carboxylic acids is 1. The van der Waals surface area contributed by atoms with Crippen LogP contribution in [0.5, 0.6) is 0 Å². The Kier molecular flexibility index (Phi) is 5.85. The smallest absolute Gasteiger partial charge is 0.303 e. The quantitative estimate of drug-likeness (QED) is 0.649. The predicted molar refractivity (Wildman–Crippen MR) is 73.6 cm³/mol. The van der Waals surface area contributed by atoms with Crippen LogP contribution in [0, 0.1) is 5.92 Å². The highest BCUT2D eigenvalue weighted by atomic mass is 16.4. The molecule has 0 aliphatic rings. The van der Waals surface area contributed by atoms with Gasteiger partial charge in [0.1, 0.15) is 0 Å². The zero-order chi connectivity index (χ0) is 14.3. The Bertz CT molecular complexity index is 429. The number of anilines is 1. The maximum absolute atomic E-state index is 11.6. The van der Waals surface area contributed by atoms with Gasteiger partial charge in [-0.1, -0.05) is 19.1 Å². The molecule has 1 rings (SSSR count). The molecule has 1 unspecified atom stereocenters. The van der Waals surface area contributed by atoms with Crippen LogP contribution in [-0.2, 0) is 16.0 Å². The molecule has 0 heterocycles. The van der Waals surface area contributed by atoms with Crippen LogP contribution in [-0.4, -0.2) is 23.5 Å². The summed E-state index contributed by atoms with van der Waals surface area (Å²) in [6.07, 6.45) is 1.11. The van der Waals surface area contributed by atoms with E-state index in [1.165, 1.54) is 0 Å². The van der Waals surface area contributed by atoms with Crippen molar-refractivity contribution >= 4 is 17.6 Å². The van der Waals surface area contributed by atoms with Crippen LogP contribution in [0.4, 0.5) is 5.69 Å². The molecule has 0 spiro atoms. The highest BCUT2D eigenvalue weighted by Crippen LogP contribution is 2.07. The number of hydrogen-bond donors (Lipinski definition) is 3. The van der Waals surface area contributed by atoms with Crippen LogP contribution in [0.2, 0.25) is 0 Å². The second-order valence-corrected chi connectivity index (χ2v) is 4.75. The lowest BCUT2D eigenvalue weighted by molar-refractivity contribution is -0.138. The van der Waals surface area contributed by atoms with Gasteiger partial charge in [0.2, 0.25) is 5.91 Å². The maximum Gasteiger partial charge on any atom is 0.303 e. The molecule has 0 radical (unpaired) electrons. The fraction of sp³-hybridized carbons (Fsp3) is 0.429. The highest BCUT2D eigenvalue weighted by Gasteiger charge is 2.09. The largest absolute Gasteiger partial charge is 0.481 e. The lowest BCUT2D eigenvalue weighted by Crippen LogP contribution is -2.29. The number of aliphatic carboxylic acids is 1. The molecule has 0 bridgehead atoms. The Morgan fingerprint density at radius 2 is 1.95 bits per heavy atom. The minimum atomic E-state index is -0.844. The topological polar surface area (TPSA) is 92.4 Å². The van der Waals surface area contributed by atoms with Gasteiger partial charge in [-0.25, -0.2) is 0 Å². The first-order chi connectivity index (χ1) is 8.97. The Hall–Kier alpha value is -2.04. The summed E-state index contributed by atoms with van der Waals surface area (Å²) in [5.74, 6) is -0.962. The molecule has 0 fully saturated rings. The van der Waals surface area contributed by atoms with Crippen LogP contribution in [0.3, 0.4) is 0 Å². The molecular weight excluding hydrogens is 244 g/mol. The average Bonchev–Trinajstić information content (AvgIpc) is 2.35. The number of hydrogen-bond acceptors (Lipinski definition) is 3. The van der Waals surface area contributed by atoms with Crippen molar-refractivity contribution in [1.82, 2.24) is 5.32 Å². The van der Waals surface area contributed by atoms with Crippen molar-refractivity contribution < 1.29 is 14.7 Å². The maximum atomic E-state index is 11.6. The molecule has 104 valence electrons. The molecule has 0 aromatic heterocycles. The van der Waals surface area contributed by atoms with Gasteiger partial charge >= 0.3 is 5.97 Å². The number of nitrogen functional groups attached to an aromatic ring is 1. The third-order valence-electron chi connectivity index (χ3n) is 2.79. The summed E-state index contributed by atoms with van der Waals surface area (Å²) in [6, 6.07) is 7.41. The predicted octanol–water partition coefficient (Wildman–Crippen LogP) is 1.43. The number of rotatable bonds is 7. The van der Waals surface area contributed by atoms with Crippen LogP contribution in [0.15, 0.2) is 24.3 Å². The first-order valence-electron chi connectivity index (χ1n) is 6.30. The van der Waals surface area contributed by atoms with Gasteiger partial charge in [-0.3, -0.25) is 9.59 Å². The van der Waals surface area contributed by atoms with Gasteiger partial charge in [0.05, 0.1) is 0 Å². The monoisotopic (exact) mass is 264 g/mol. The molecule has 1 atom stereocenters. The number of benzene rings is 1. The number of nitrogens with one attached hydrogen (secondary N) is 1. The average molecular weight is 264 g/mol. The minimum Gasteiger partial charge on any atom is -0.481 e. The van der Waals surface area contributed by atoms with Crippen LogP contribution >= 0.6 is 0 Å². The molecule has 5 nitrogen and oxygen atoms in total. The van der Waals surface area contributed by atoms with E-state index in [-0.39, 0.29) is 18.2 Å². The van der Waals surface area contributed by atoms with Crippen molar-refractivity contribution in [3.05, 3.63) is 29.8 Å². The molecule has 4 N–H and O–H groups in total. The summed E-state index contributed by atoms with van der Waals surface area (Å²) < 4.78 is 0. The Morgan fingerprint density at radius 1 is 1.32 bits per heavy atom. The van der Waals surface area contributed by atoms with Crippen molar-refractivity contribution in [2.24, 2.45) is 5.92 Å². The fourth-order valence-electron chi connectivity index (χ4n) is 1.69. The third kappa shape index (κ3) is 6.45. The van der Waals surface area contributed by atoms with Gasteiger partial charge in [-0.2, -0.15) is 0 Å². The number of amides is 1. The summed E-state index contributed by atoms with van der Waals surface area (Å²) in [4.78, 5) is 22.1. The van der Waals surface area contributed by atoms with E-state index in [9.17, 15) is 9.59 Å². The summed E-state index contributed by atoms with van der Waals surface area (Å²) in [5, 5.41) is 11.3. The van der Waals surface area contributed by atoms with Crippen LogP contribution in [0.25, 0.3) is 0 Å². The highest BCUT2D eigenvalue weighted by molar-refractivity contribution is 5.76. The molecule has 0 aliphatic carbocycles. The van der Waals surface area contributed by atoms with Gasteiger partial charge in [0, 0.05) is 25.1 Å². The van der Waals surface area contributed by atoms with Crippen molar-refractivity contribution in [3.8, 4) is 0 Å². The van der Waals surface area contributed by atoms with E-state index in [4.69, 9.17) is 10.8 Å². The minimum absolute atomic E-state index is 0.0574. The summed E-state index contributed by atoms with van der Waals surface area (Å²) >= 11 is 0. The number of carboxylic acid groups (broad SMARTS) is 1. The third-order valence-corrected chi connectivity index (χ3v) is 2.79.